The van der Waals surface area contributed by atoms with E-state index in [1.807, 2.05) is 0 Å². The molecule has 3 heteroatoms. The highest BCUT2D eigenvalue weighted by atomic mass is 16.5. The average molecular weight is 639 g/mol. The van der Waals surface area contributed by atoms with Crippen molar-refractivity contribution in [3.05, 3.63) is 0 Å². The average Bonchev–Trinajstić information content (AvgIpc) is 3.03. The van der Waals surface area contributed by atoms with Crippen LogP contribution in [0.3, 0.4) is 0 Å². The van der Waals surface area contributed by atoms with Gasteiger partial charge in [0.2, 0.25) is 0 Å². The van der Waals surface area contributed by atoms with Crippen LogP contribution in [-0.2, 0) is 9.47 Å². The Morgan fingerprint density at radius 3 is 0.689 bits per heavy atom. The zero-order valence-electron chi connectivity index (χ0n) is 32.1. The molecule has 0 fully saturated rings. The zero-order valence-corrected chi connectivity index (χ0v) is 32.1. The van der Waals surface area contributed by atoms with E-state index in [9.17, 15) is 0 Å². The standard InChI is InChI=1S/C42H88NO2/c1-5-7-9-11-13-15-17-19-21-23-25-27-29-31-33-35-39-44-41-37-43(3,4)38-42-45-40-36-34-32-30-28-26-24-22-20-18-16-14-12-10-8-6-2/h5-42H2,1-4H3/q+1. The summed E-state index contributed by atoms with van der Waals surface area (Å²) in [7, 11) is 4.63. The third-order valence-electron chi connectivity index (χ3n) is 9.97. The van der Waals surface area contributed by atoms with Crippen molar-refractivity contribution in [3.8, 4) is 0 Å². The monoisotopic (exact) mass is 639 g/mol. The molecule has 0 aliphatic rings. The van der Waals surface area contributed by atoms with Gasteiger partial charge in [-0.25, -0.2) is 0 Å². The highest BCUT2D eigenvalue weighted by molar-refractivity contribution is 4.52. The number of hydrogen-bond donors (Lipinski definition) is 0. The molecule has 3 nitrogen and oxygen atoms in total. The van der Waals surface area contributed by atoms with Crippen molar-refractivity contribution < 1.29 is 14.0 Å². The summed E-state index contributed by atoms with van der Waals surface area (Å²) in [5.41, 5.74) is 0. The molecular weight excluding hydrogens is 550 g/mol. The molecule has 0 amide bonds. The molecule has 0 spiro atoms. The number of quaternary nitrogens is 1. The third-order valence-corrected chi connectivity index (χ3v) is 9.97. The number of likely N-dealkylation sites (N-methyl/N-ethyl adjacent to an activating group) is 1. The van der Waals surface area contributed by atoms with Crippen LogP contribution >= 0.6 is 0 Å². The number of unbranched alkanes of at least 4 members (excludes halogenated alkanes) is 30. The highest BCUT2D eigenvalue weighted by Crippen LogP contribution is 2.15. The van der Waals surface area contributed by atoms with Gasteiger partial charge in [-0.05, 0) is 12.8 Å². The summed E-state index contributed by atoms with van der Waals surface area (Å²) in [5.74, 6) is 0. The predicted molar refractivity (Wildman–Crippen MR) is 203 cm³/mol. The Morgan fingerprint density at radius 1 is 0.267 bits per heavy atom. The minimum absolute atomic E-state index is 0.880. The maximum atomic E-state index is 5.98. The van der Waals surface area contributed by atoms with E-state index >= 15 is 0 Å². The van der Waals surface area contributed by atoms with Crippen LogP contribution in [0.15, 0.2) is 0 Å². The molecule has 272 valence electrons. The van der Waals surface area contributed by atoms with Crippen molar-refractivity contribution in [2.45, 2.75) is 219 Å². The van der Waals surface area contributed by atoms with E-state index in [1.54, 1.807) is 0 Å². The van der Waals surface area contributed by atoms with Gasteiger partial charge in [0, 0.05) is 13.2 Å². The van der Waals surface area contributed by atoms with Crippen molar-refractivity contribution in [2.75, 3.05) is 53.6 Å². The second-order valence-electron chi connectivity index (χ2n) is 15.2. The SMILES string of the molecule is CCCCCCCCCCCCCCCCCCOCC[N+](C)(C)CCOCCCCCCCCCCCCCCCCCC. The van der Waals surface area contributed by atoms with Crippen LogP contribution < -0.4 is 0 Å². The molecule has 0 saturated heterocycles. The molecule has 0 saturated carbocycles. The van der Waals surface area contributed by atoms with Gasteiger partial charge >= 0.3 is 0 Å². The normalized spacial score (nSPS) is 12.0. The Hall–Kier alpha value is -0.120. The van der Waals surface area contributed by atoms with Crippen molar-refractivity contribution in [1.82, 2.24) is 0 Å². The molecule has 45 heavy (non-hydrogen) atoms. The van der Waals surface area contributed by atoms with Crippen LogP contribution in [0.5, 0.6) is 0 Å². The molecule has 0 aromatic heterocycles. The molecular formula is C42H88NO2+. The van der Waals surface area contributed by atoms with Crippen molar-refractivity contribution in [1.29, 1.82) is 0 Å². The fraction of sp³-hybridized carbons (Fsp3) is 1.00. The van der Waals surface area contributed by atoms with E-state index in [4.69, 9.17) is 9.47 Å². The first-order valence-corrected chi connectivity index (χ1v) is 21.1. The first-order chi connectivity index (χ1) is 22.1. The van der Waals surface area contributed by atoms with E-state index < -0.39 is 0 Å². The summed E-state index contributed by atoms with van der Waals surface area (Å²) in [6.45, 7) is 10.4. The fourth-order valence-corrected chi connectivity index (χ4v) is 6.44. The molecule has 0 unspecified atom stereocenters. The minimum Gasteiger partial charge on any atom is -0.376 e. The molecule has 0 atom stereocenters. The second kappa shape index (κ2) is 38.3. The van der Waals surface area contributed by atoms with Crippen LogP contribution in [0, 0.1) is 0 Å². The van der Waals surface area contributed by atoms with E-state index in [0.717, 1.165) is 44.0 Å². The van der Waals surface area contributed by atoms with E-state index in [2.05, 4.69) is 27.9 Å². The Morgan fingerprint density at radius 2 is 0.467 bits per heavy atom. The number of nitrogens with zero attached hydrogens (tertiary/aromatic N) is 1. The molecule has 0 heterocycles. The Bertz CT molecular complexity index is 479. The van der Waals surface area contributed by atoms with Gasteiger partial charge in [0.15, 0.2) is 0 Å². The van der Waals surface area contributed by atoms with Gasteiger partial charge in [-0.2, -0.15) is 0 Å². The van der Waals surface area contributed by atoms with Gasteiger partial charge in [0.1, 0.15) is 13.1 Å². The molecule has 0 aliphatic heterocycles. The van der Waals surface area contributed by atoms with E-state index in [-0.39, 0.29) is 0 Å². The summed E-state index contributed by atoms with van der Waals surface area (Å²) in [5, 5.41) is 0. The quantitative estimate of drug-likeness (QED) is 0.0491. The first kappa shape index (κ1) is 44.9. The zero-order chi connectivity index (χ0) is 32.8. The van der Waals surface area contributed by atoms with Gasteiger partial charge in [-0.15, -0.1) is 0 Å². The Kier molecular flexibility index (Phi) is 38.2. The Labute approximate surface area is 286 Å². The smallest absolute Gasteiger partial charge is 0.102 e. The lowest BCUT2D eigenvalue weighted by Gasteiger charge is -2.29. The second-order valence-corrected chi connectivity index (χ2v) is 15.2. The summed E-state index contributed by atoms with van der Waals surface area (Å²) in [4.78, 5) is 0. The highest BCUT2D eigenvalue weighted by Gasteiger charge is 2.14. The van der Waals surface area contributed by atoms with Gasteiger partial charge in [-0.1, -0.05) is 206 Å². The summed E-state index contributed by atoms with van der Waals surface area (Å²) in [6, 6.07) is 0. The molecule has 0 N–H and O–H groups in total. The van der Waals surface area contributed by atoms with E-state index in [0.29, 0.717) is 0 Å². The van der Waals surface area contributed by atoms with Gasteiger partial charge < -0.3 is 14.0 Å². The lowest BCUT2D eigenvalue weighted by Crippen LogP contribution is -2.44. The molecule has 0 aliphatic carbocycles. The van der Waals surface area contributed by atoms with Crippen LogP contribution in [-0.4, -0.2) is 58.1 Å². The van der Waals surface area contributed by atoms with Crippen molar-refractivity contribution in [2.24, 2.45) is 0 Å². The lowest BCUT2D eigenvalue weighted by atomic mass is 10.0. The number of rotatable bonds is 40. The van der Waals surface area contributed by atoms with Crippen molar-refractivity contribution in [3.63, 3.8) is 0 Å². The predicted octanol–water partition coefficient (Wildman–Crippen LogP) is 13.6. The van der Waals surface area contributed by atoms with Gasteiger partial charge in [0.25, 0.3) is 0 Å². The summed E-state index contributed by atoms with van der Waals surface area (Å²) >= 11 is 0. The summed E-state index contributed by atoms with van der Waals surface area (Å²) in [6.07, 6.45) is 45.5. The van der Waals surface area contributed by atoms with Gasteiger partial charge in [-0.3, -0.25) is 0 Å². The minimum atomic E-state index is 0.880. The maximum absolute atomic E-state index is 5.98. The van der Waals surface area contributed by atoms with Crippen LogP contribution in [0.2, 0.25) is 0 Å². The Balaban J connectivity index is 3.25. The van der Waals surface area contributed by atoms with Crippen LogP contribution in [0.4, 0.5) is 0 Å². The van der Waals surface area contributed by atoms with Crippen LogP contribution in [0.1, 0.15) is 219 Å². The van der Waals surface area contributed by atoms with Gasteiger partial charge in [0.05, 0.1) is 27.3 Å². The topological polar surface area (TPSA) is 18.5 Å². The van der Waals surface area contributed by atoms with E-state index in [1.165, 1.54) is 205 Å². The van der Waals surface area contributed by atoms with Crippen molar-refractivity contribution >= 4 is 0 Å². The third kappa shape index (κ3) is 40.0. The molecule has 0 radical (unpaired) electrons. The number of hydrogen-bond acceptors (Lipinski definition) is 2. The molecule has 0 rings (SSSR count). The number of ether oxygens (including phenoxy) is 2. The lowest BCUT2D eigenvalue weighted by molar-refractivity contribution is -0.891. The maximum Gasteiger partial charge on any atom is 0.102 e. The first-order valence-electron chi connectivity index (χ1n) is 21.1. The largest absolute Gasteiger partial charge is 0.376 e. The molecule has 0 aromatic rings. The molecule has 0 bridgehead atoms. The molecule has 0 aromatic carbocycles. The van der Waals surface area contributed by atoms with Crippen LogP contribution in [0.25, 0.3) is 0 Å². The fourth-order valence-electron chi connectivity index (χ4n) is 6.44. The summed E-state index contributed by atoms with van der Waals surface area (Å²) < 4.78 is 12.9.